The number of rotatable bonds is 5. The summed E-state index contributed by atoms with van der Waals surface area (Å²) in [5.74, 6) is 1.70. The van der Waals surface area contributed by atoms with Gasteiger partial charge in [-0.15, -0.1) is 0 Å². The van der Waals surface area contributed by atoms with Crippen molar-refractivity contribution in [2.45, 2.75) is 26.5 Å². The SMILES string of the molecule is Cc1cc(OC(C)c2nc3ccccc3n2Cc2ccccc2)ccc1Cl. The third-order valence-electron chi connectivity index (χ3n) is 4.67. The molecule has 27 heavy (non-hydrogen) atoms. The first-order valence-corrected chi connectivity index (χ1v) is 9.41. The summed E-state index contributed by atoms with van der Waals surface area (Å²) in [6.45, 7) is 4.77. The van der Waals surface area contributed by atoms with Crippen LogP contribution in [0.4, 0.5) is 0 Å². The van der Waals surface area contributed by atoms with Crippen LogP contribution in [-0.2, 0) is 6.54 Å². The van der Waals surface area contributed by atoms with E-state index < -0.39 is 0 Å². The summed E-state index contributed by atoms with van der Waals surface area (Å²) in [6, 6.07) is 24.3. The Morgan fingerprint density at radius 2 is 1.74 bits per heavy atom. The van der Waals surface area contributed by atoms with E-state index >= 15 is 0 Å². The number of para-hydroxylation sites is 2. The molecule has 1 unspecified atom stereocenters. The van der Waals surface area contributed by atoms with Crippen LogP contribution in [0.3, 0.4) is 0 Å². The lowest BCUT2D eigenvalue weighted by Crippen LogP contribution is -2.12. The topological polar surface area (TPSA) is 27.1 Å². The maximum atomic E-state index is 6.20. The largest absolute Gasteiger partial charge is 0.483 e. The minimum absolute atomic E-state index is 0.193. The number of fused-ring (bicyclic) bond motifs is 1. The second-order valence-corrected chi connectivity index (χ2v) is 7.11. The quantitative estimate of drug-likeness (QED) is 0.415. The molecule has 1 aromatic heterocycles. The molecule has 0 radical (unpaired) electrons. The average Bonchev–Trinajstić information content (AvgIpc) is 3.04. The molecule has 0 spiro atoms. The fraction of sp³-hybridized carbons (Fsp3) is 0.174. The van der Waals surface area contributed by atoms with Gasteiger partial charge < -0.3 is 9.30 Å². The highest BCUT2D eigenvalue weighted by Crippen LogP contribution is 2.28. The van der Waals surface area contributed by atoms with Gasteiger partial charge in [0.25, 0.3) is 0 Å². The zero-order valence-corrected chi connectivity index (χ0v) is 16.1. The molecular formula is C23H21ClN2O. The fourth-order valence-electron chi connectivity index (χ4n) is 3.28. The van der Waals surface area contributed by atoms with Gasteiger partial charge in [0.15, 0.2) is 11.9 Å². The van der Waals surface area contributed by atoms with Crippen LogP contribution in [0.25, 0.3) is 11.0 Å². The number of halogens is 1. The monoisotopic (exact) mass is 376 g/mol. The van der Waals surface area contributed by atoms with Crippen molar-refractivity contribution in [1.29, 1.82) is 0 Å². The van der Waals surface area contributed by atoms with Gasteiger partial charge in [0.2, 0.25) is 0 Å². The van der Waals surface area contributed by atoms with Gasteiger partial charge in [-0.2, -0.15) is 0 Å². The molecule has 0 aliphatic heterocycles. The van der Waals surface area contributed by atoms with E-state index in [-0.39, 0.29) is 6.10 Å². The number of aromatic nitrogens is 2. The minimum Gasteiger partial charge on any atom is -0.483 e. The van der Waals surface area contributed by atoms with Gasteiger partial charge in [0.1, 0.15) is 5.75 Å². The van der Waals surface area contributed by atoms with E-state index in [1.807, 2.05) is 56.3 Å². The summed E-state index contributed by atoms with van der Waals surface area (Å²) in [5, 5.41) is 0.742. The third-order valence-corrected chi connectivity index (χ3v) is 5.10. The lowest BCUT2D eigenvalue weighted by Gasteiger charge is -2.17. The van der Waals surface area contributed by atoms with Crippen molar-refractivity contribution >= 4 is 22.6 Å². The second kappa shape index (κ2) is 7.45. The predicted octanol–water partition coefficient (Wildman–Crippen LogP) is 6.19. The highest BCUT2D eigenvalue weighted by Gasteiger charge is 2.18. The van der Waals surface area contributed by atoms with Crippen molar-refractivity contribution in [3.8, 4) is 5.75 Å². The van der Waals surface area contributed by atoms with Crippen molar-refractivity contribution in [2.24, 2.45) is 0 Å². The van der Waals surface area contributed by atoms with Gasteiger partial charge in [-0.3, -0.25) is 0 Å². The normalized spacial score (nSPS) is 12.3. The molecule has 136 valence electrons. The van der Waals surface area contributed by atoms with Crippen LogP contribution in [0.1, 0.15) is 30.0 Å². The molecule has 4 heteroatoms. The summed E-state index contributed by atoms with van der Waals surface area (Å²) in [7, 11) is 0. The van der Waals surface area contributed by atoms with Gasteiger partial charge in [-0.1, -0.05) is 54.1 Å². The van der Waals surface area contributed by atoms with E-state index in [0.29, 0.717) is 0 Å². The zero-order valence-electron chi connectivity index (χ0n) is 15.4. The lowest BCUT2D eigenvalue weighted by atomic mass is 10.2. The Balaban J connectivity index is 1.71. The van der Waals surface area contributed by atoms with Gasteiger partial charge in [0, 0.05) is 11.6 Å². The molecule has 0 aliphatic rings. The highest BCUT2D eigenvalue weighted by molar-refractivity contribution is 6.31. The van der Waals surface area contributed by atoms with E-state index in [0.717, 1.165) is 39.7 Å². The second-order valence-electron chi connectivity index (χ2n) is 6.70. The molecule has 0 aliphatic carbocycles. The smallest absolute Gasteiger partial charge is 0.153 e. The minimum atomic E-state index is -0.193. The molecule has 3 aromatic carbocycles. The first-order chi connectivity index (χ1) is 13.1. The molecule has 4 aromatic rings. The number of hydrogen-bond acceptors (Lipinski definition) is 2. The number of nitrogens with zero attached hydrogens (tertiary/aromatic N) is 2. The molecule has 1 heterocycles. The number of hydrogen-bond donors (Lipinski definition) is 0. The van der Waals surface area contributed by atoms with Crippen molar-refractivity contribution in [1.82, 2.24) is 9.55 Å². The molecule has 0 saturated heterocycles. The standard InChI is InChI=1S/C23H21ClN2O/c1-16-14-19(12-13-20(16)24)27-17(2)23-25-21-10-6-7-11-22(21)26(23)15-18-8-4-3-5-9-18/h3-14,17H,15H2,1-2H3. The molecule has 0 bridgehead atoms. The molecular weight excluding hydrogens is 356 g/mol. The van der Waals surface area contributed by atoms with Crippen LogP contribution in [0.15, 0.2) is 72.8 Å². The van der Waals surface area contributed by atoms with Crippen LogP contribution in [0, 0.1) is 6.92 Å². The van der Waals surface area contributed by atoms with Gasteiger partial charge in [0.05, 0.1) is 11.0 Å². The first-order valence-electron chi connectivity index (χ1n) is 9.04. The molecule has 3 nitrogen and oxygen atoms in total. The Morgan fingerprint density at radius 3 is 2.52 bits per heavy atom. The summed E-state index contributed by atoms with van der Waals surface area (Å²) in [4.78, 5) is 4.86. The molecule has 4 rings (SSSR count). The maximum absolute atomic E-state index is 6.20. The molecule has 0 saturated carbocycles. The third kappa shape index (κ3) is 3.69. The van der Waals surface area contributed by atoms with Gasteiger partial charge >= 0.3 is 0 Å². The van der Waals surface area contributed by atoms with E-state index in [4.69, 9.17) is 21.3 Å². The Morgan fingerprint density at radius 1 is 1.00 bits per heavy atom. The van der Waals surface area contributed by atoms with Crippen LogP contribution in [0.2, 0.25) is 5.02 Å². The van der Waals surface area contributed by atoms with Crippen molar-refractivity contribution in [3.63, 3.8) is 0 Å². The van der Waals surface area contributed by atoms with E-state index in [2.05, 4.69) is 34.9 Å². The van der Waals surface area contributed by atoms with Crippen molar-refractivity contribution in [3.05, 3.63) is 94.8 Å². The van der Waals surface area contributed by atoms with E-state index in [1.54, 1.807) is 0 Å². The van der Waals surface area contributed by atoms with E-state index in [9.17, 15) is 0 Å². The number of aryl methyl sites for hydroxylation is 1. The first kappa shape index (κ1) is 17.6. The summed E-state index contributed by atoms with van der Waals surface area (Å²) in [6.07, 6.45) is -0.193. The van der Waals surface area contributed by atoms with Crippen LogP contribution in [0.5, 0.6) is 5.75 Å². The van der Waals surface area contributed by atoms with E-state index in [1.165, 1.54) is 5.56 Å². The van der Waals surface area contributed by atoms with Gasteiger partial charge in [-0.05, 0) is 55.3 Å². The molecule has 0 amide bonds. The average molecular weight is 377 g/mol. The fourth-order valence-corrected chi connectivity index (χ4v) is 3.40. The molecule has 0 fully saturated rings. The van der Waals surface area contributed by atoms with Crippen molar-refractivity contribution in [2.75, 3.05) is 0 Å². The number of ether oxygens (including phenoxy) is 1. The maximum Gasteiger partial charge on any atom is 0.153 e. The highest BCUT2D eigenvalue weighted by atomic mass is 35.5. The number of benzene rings is 3. The Hall–Kier alpha value is -2.78. The lowest BCUT2D eigenvalue weighted by molar-refractivity contribution is 0.212. The summed E-state index contributed by atoms with van der Waals surface area (Å²) >= 11 is 6.13. The van der Waals surface area contributed by atoms with Crippen LogP contribution < -0.4 is 4.74 Å². The van der Waals surface area contributed by atoms with Crippen molar-refractivity contribution < 1.29 is 4.74 Å². The summed E-state index contributed by atoms with van der Waals surface area (Å²) in [5.41, 5.74) is 4.32. The molecule has 1 atom stereocenters. The number of imidazole rings is 1. The predicted molar refractivity (Wildman–Crippen MR) is 111 cm³/mol. The Kier molecular flexibility index (Phi) is 4.87. The van der Waals surface area contributed by atoms with Crippen LogP contribution >= 0.6 is 11.6 Å². The van der Waals surface area contributed by atoms with Gasteiger partial charge in [-0.25, -0.2) is 4.98 Å². The zero-order chi connectivity index (χ0) is 18.8. The summed E-state index contributed by atoms with van der Waals surface area (Å²) < 4.78 is 8.44. The Bertz CT molecular complexity index is 1070. The van der Waals surface area contributed by atoms with Crippen LogP contribution in [-0.4, -0.2) is 9.55 Å². The molecule has 0 N–H and O–H groups in total. The Labute approximate surface area is 164 Å².